The third-order valence-corrected chi connectivity index (χ3v) is 6.43. The lowest BCUT2D eigenvalue weighted by Gasteiger charge is -2.26. The molecule has 2 aromatic carbocycles. The number of nitrogens with one attached hydrogen (secondary N) is 1. The molecule has 0 spiro atoms. The molecule has 1 aliphatic rings. The van der Waals surface area contributed by atoms with Gasteiger partial charge < -0.3 is 5.32 Å². The summed E-state index contributed by atoms with van der Waals surface area (Å²) in [5.74, 6) is -1.05. The molecule has 1 aliphatic heterocycles. The van der Waals surface area contributed by atoms with Crippen molar-refractivity contribution in [2.45, 2.75) is 39.8 Å². The van der Waals surface area contributed by atoms with Crippen molar-refractivity contribution in [3.63, 3.8) is 0 Å². The highest BCUT2D eigenvalue weighted by molar-refractivity contribution is 7.13. The lowest BCUT2D eigenvalue weighted by molar-refractivity contribution is -0.125. The fourth-order valence-electron chi connectivity index (χ4n) is 3.89. The third kappa shape index (κ3) is 4.21. The van der Waals surface area contributed by atoms with Gasteiger partial charge in [0.25, 0.3) is 11.8 Å². The lowest BCUT2D eigenvalue weighted by Crippen LogP contribution is -2.50. The van der Waals surface area contributed by atoms with Gasteiger partial charge in [0.1, 0.15) is 11.0 Å². The van der Waals surface area contributed by atoms with Gasteiger partial charge in [0.05, 0.1) is 23.4 Å². The molecule has 0 aliphatic carbocycles. The van der Waals surface area contributed by atoms with Gasteiger partial charge in [-0.2, -0.15) is 0 Å². The van der Waals surface area contributed by atoms with Gasteiger partial charge in [-0.25, -0.2) is 4.98 Å². The summed E-state index contributed by atoms with van der Waals surface area (Å²) in [6.45, 7) is 6.20. The van der Waals surface area contributed by atoms with Crippen LogP contribution in [0, 0.1) is 12.8 Å². The molecule has 4 rings (SSSR count). The van der Waals surface area contributed by atoms with Gasteiger partial charge in [-0.15, -0.1) is 11.3 Å². The first-order chi connectivity index (χ1) is 15.4. The highest BCUT2D eigenvalue weighted by Gasteiger charge is 2.42. The van der Waals surface area contributed by atoms with Crippen LogP contribution in [-0.4, -0.2) is 33.6 Å². The van der Waals surface area contributed by atoms with Crippen LogP contribution in [0.4, 0.5) is 0 Å². The largest absolute Gasteiger partial charge is 0.349 e. The highest BCUT2D eigenvalue weighted by Crippen LogP contribution is 2.28. The quantitative estimate of drug-likeness (QED) is 0.543. The molecule has 0 saturated carbocycles. The summed E-state index contributed by atoms with van der Waals surface area (Å²) in [5.41, 5.74) is 3.65. The Morgan fingerprint density at radius 1 is 1.00 bits per heavy atom. The van der Waals surface area contributed by atoms with Crippen LogP contribution < -0.4 is 5.32 Å². The molecule has 1 unspecified atom stereocenters. The average molecular weight is 448 g/mol. The number of carbonyl (C=O) groups excluding carboxylic acids is 3. The van der Waals surface area contributed by atoms with Gasteiger partial charge in [-0.05, 0) is 37.0 Å². The van der Waals surface area contributed by atoms with E-state index in [1.165, 1.54) is 11.3 Å². The number of imide groups is 1. The van der Waals surface area contributed by atoms with Crippen molar-refractivity contribution in [3.8, 4) is 10.6 Å². The molecule has 1 N–H and O–H groups in total. The maximum Gasteiger partial charge on any atom is 0.262 e. The van der Waals surface area contributed by atoms with Gasteiger partial charge >= 0.3 is 0 Å². The number of aromatic nitrogens is 1. The van der Waals surface area contributed by atoms with Gasteiger partial charge in [-0.3, -0.25) is 19.3 Å². The lowest BCUT2D eigenvalue weighted by atomic mass is 10.0. The standard InChI is InChI=1S/C25H25N3O3S/c1-15(2)12-21(28-24(30)19-10-6-7-11-20(19)25(28)31)22(29)26-13-17-14-32-23(27-17)18-9-5-4-8-16(18)3/h4-11,14-15,21H,12-13H2,1-3H3,(H,26,29). The minimum atomic E-state index is -0.864. The predicted molar refractivity (Wildman–Crippen MR) is 124 cm³/mol. The molecule has 1 aromatic heterocycles. The van der Waals surface area contributed by atoms with E-state index in [1.54, 1.807) is 24.3 Å². The molecule has 0 fully saturated rings. The first kappa shape index (κ1) is 21.9. The summed E-state index contributed by atoms with van der Waals surface area (Å²) in [6, 6.07) is 13.9. The molecule has 0 bridgehead atoms. The summed E-state index contributed by atoms with van der Waals surface area (Å²) < 4.78 is 0. The van der Waals surface area contributed by atoms with E-state index in [2.05, 4.69) is 10.3 Å². The average Bonchev–Trinajstić information content (AvgIpc) is 3.34. The Bertz CT molecular complexity index is 1150. The molecule has 0 saturated heterocycles. The number of fused-ring (bicyclic) bond motifs is 1. The Morgan fingerprint density at radius 3 is 2.19 bits per heavy atom. The maximum absolute atomic E-state index is 13.1. The van der Waals surface area contributed by atoms with Crippen LogP contribution in [0.25, 0.3) is 10.6 Å². The Balaban J connectivity index is 1.50. The summed E-state index contributed by atoms with van der Waals surface area (Å²) in [5, 5.41) is 5.70. The van der Waals surface area contributed by atoms with Crippen LogP contribution in [0.1, 0.15) is 52.2 Å². The number of carbonyl (C=O) groups is 3. The summed E-state index contributed by atoms with van der Waals surface area (Å²) in [7, 11) is 0. The second-order valence-corrected chi connectivity index (χ2v) is 9.21. The zero-order chi connectivity index (χ0) is 22.8. The Hall–Kier alpha value is -3.32. The fraction of sp³-hybridized carbons (Fsp3) is 0.280. The fourth-order valence-corrected chi connectivity index (χ4v) is 4.80. The maximum atomic E-state index is 13.1. The first-order valence-corrected chi connectivity index (χ1v) is 11.5. The van der Waals surface area contributed by atoms with E-state index >= 15 is 0 Å². The van der Waals surface area contributed by atoms with Crippen molar-refractivity contribution >= 4 is 29.1 Å². The van der Waals surface area contributed by atoms with Gasteiger partial charge in [0, 0.05) is 10.9 Å². The number of benzene rings is 2. The van der Waals surface area contributed by atoms with E-state index < -0.39 is 17.9 Å². The van der Waals surface area contributed by atoms with Crippen LogP contribution in [0.3, 0.4) is 0 Å². The molecule has 6 nitrogen and oxygen atoms in total. The zero-order valence-electron chi connectivity index (χ0n) is 18.3. The number of nitrogens with zero attached hydrogens (tertiary/aromatic N) is 2. The highest BCUT2D eigenvalue weighted by atomic mass is 32.1. The monoisotopic (exact) mass is 447 g/mol. The molecule has 2 heterocycles. The molecule has 164 valence electrons. The number of hydrogen-bond acceptors (Lipinski definition) is 5. The van der Waals surface area contributed by atoms with E-state index in [1.807, 2.05) is 50.4 Å². The molecule has 0 radical (unpaired) electrons. The number of amides is 3. The normalized spacial score (nSPS) is 14.1. The van der Waals surface area contributed by atoms with Crippen molar-refractivity contribution in [2.24, 2.45) is 5.92 Å². The zero-order valence-corrected chi connectivity index (χ0v) is 19.1. The second kappa shape index (κ2) is 9.04. The van der Waals surface area contributed by atoms with Crippen LogP contribution in [0.5, 0.6) is 0 Å². The Kier molecular flexibility index (Phi) is 6.19. The minimum absolute atomic E-state index is 0.127. The molecule has 1 atom stereocenters. The van der Waals surface area contributed by atoms with Gasteiger partial charge in [-0.1, -0.05) is 50.2 Å². The number of rotatable bonds is 7. The molecule has 3 aromatic rings. The van der Waals surface area contributed by atoms with Gasteiger partial charge in [0.2, 0.25) is 5.91 Å². The van der Waals surface area contributed by atoms with Crippen LogP contribution >= 0.6 is 11.3 Å². The van der Waals surface area contributed by atoms with Crippen LogP contribution in [0.15, 0.2) is 53.9 Å². The van der Waals surface area contributed by atoms with Crippen molar-refractivity contribution < 1.29 is 14.4 Å². The van der Waals surface area contributed by atoms with E-state index in [9.17, 15) is 14.4 Å². The summed E-state index contributed by atoms with van der Waals surface area (Å²) >= 11 is 1.52. The van der Waals surface area contributed by atoms with E-state index in [0.717, 1.165) is 26.7 Å². The van der Waals surface area contributed by atoms with E-state index in [4.69, 9.17) is 0 Å². The van der Waals surface area contributed by atoms with Crippen molar-refractivity contribution in [3.05, 3.63) is 76.3 Å². The molecule has 3 amide bonds. The molecule has 7 heteroatoms. The number of aryl methyl sites for hydroxylation is 1. The Morgan fingerprint density at radius 2 is 1.59 bits per heavy atom. The molecular weight excluding hydrogens is 422 g/mol. The SMILES string of the molecule is Cc1ccccc1-c1nc(CNC(=O)C(CC(C)C)N2C(=O)c3ccccc3C2=O)cs1. The molecule has 32 heavy (non-hydrogen) atoms. The van der Waals surface area contributed by atoms with Crippen molar-refractivity contribution in [1.82, 2.24) is 15.2 Å². The summed E-state index contributed by atoms with van der Waals surface area (Å²) in [6.07, 6.45) is 0.392. The first-order valence-electron chi connectivity index (χ1n) is 10.6. The van der Waals surface area contributed by atoms with Crippen LogP contribution in [-0.2, 0) is 11.3 Å². The predicted octanol–water partition coefficient (Wildman–Crippen LogP) is 4.45. The number of hydrogen-bond donors (Lipinski definition) is 1. The van der Waals surface area contributed by atoms with Gasteiger partial charge in [0.15, 0.2) is 0 Å². The third-order valence-electron chi connectivity index (χ3n) is 5.51. The molecular formula is C25H25N3O3S. The van der Waals surface area contributed by atoms with E-state index in [-0.39, 0.29) is 18.4 Å². The minimum Gasteiger partial charge on any atom is -0.349 e. The second-order valence-electron chi connectivity index (χ2n) is 8.35. The van der Waals surface area contributed by atoms with Crippen molar-refractivity contribution in [2.75, 3.05) is 0 Å². The smallest absolute Gasteiger partial charge is 0.262 e. The topological polar surface area (TPSA) is 79.4 Å². The Labute approximate surface area is 191 Å². The summed E-state index contributed by atoms with van der Waals surface area (Å²) in [4.78, 5) is 44.7. The van der Waals surface area contributed by atoms with Crippen LogP contribution in [0.2, 0.25) is 0 Å². The van der Waals surface area contributed by atoms with Crippen molar-refractivity contribution in [1.29, 1.82) is 0 Å². The van der Waals surface area contributed by atoms with E-state index in [0.29, 0.717) is 17.5 Å². The number of thiazole rings is 1.